The van der Waals surface area contributed by atoms with Crippen molar-refractivity contribution >= 4 is 0 Å². The number of hydrogen-bond donors (Lipinski definition) is 1. The van der Waals surface area contributed by atoms with Gasteiger partial charge in [-0.1, -0.05) is 27.2 Å². The van der Waals surface area contributed by atoms with Gasteiger partial charge in [0.15, 0.2) is 0 Å². The molecule has 108 valence electrons. The molecule has 0 aromatic carbocycles. The molecule has 4 nitrogen and oxygen atoms in total. The summed E-state index contributed by atoms with van der Waals surface area (Å²) in [5.74, 6) is 0. The van der Waals surface area contributed by atoms with Crippen LogP contribution in [0.15, 0.2) is 0 Å². The molecule has 0 bridgehead atoms. The van der Waals surface area contributed by atoms with Crippen molar-refractivity contribution in [2.24, 2.45) is 5.41 Å². The third-order valence-corrected chi connectivity index (χ3v) is 3.22. The smallest absolute Gasteiger partial charge is 0.111 e. The van der Waals surface area contributed by atoms with Crippen LogP contribution in [-0.4, -0.2) is 50.3 Å². The van der Waals surface area contributed by atoms with Crippen molar-refractivity contribution in [2.75, 3.05) is 26.9 Å². The van der Waals surface area contributed by atoms with Gasteiger partial charge >= 0.3 is 0 Å². The van der Waals surface area contributed by atoms with Crippen LogP contribution < -0.4 is 0 Å². The van der Waals surface area contributed by atoms with Crippen molar-refractivity contribution in [1.29, 1.82) is 0 Å². The van der Waals surface area contributed by atoms with E-state index in [2.05, 4.69) is 20.8 Å². The Morgan fingerprint density at radius 1 is 1.28 bits per heavy atom. The fraction of sp³-hybridized carbons (Fsp3) is 1.00. The summed E-state index contributed by atoms with van der Waals surface area (Å²) in [5.41, 5.74) is 0.388. The number of rotatable bonds is 7. The van der Waals surface area contributed by atoms with Crippen molar-refractivity contribution in [1.82, 2.24) is 0 Å². The second-order valence-corrected chi connectivity index (χ2v) is 6.24. The molecule has 1 aliphatic heterocycles. The Kier molecular flexibility index (Phi) is 6.57. The highest BCUT2D eigenvalue weighted by Gasteiger charge is 2.36. The van der Waals surface area contributed by atoms with Crippen LogP contribution in [0.1, 0.15) is 40.0 Å². The molecule has 0 amide bonds. The van der Waals surface area contributed by atoms with Crippen molar-refractivity contribution in [3.05, 3.63) is 0 Å². The number of ether oxygens (including phenoxy) is 3. The van der Waals surface area contributed by atoms with Gasteiger partial charge in [-0.15, -0.1) is 0 Å². The summed E-state index contributed by atoms with van der Waals surface area (Å²) in [5, 5.41) is 9.94. The number of hydrogen-bond acceptors (Lipinski definition) is 4. The van der Waals surface area contributed by atoms with Gasteiger partial charge < -0.3 is 19.3 Å². The number of aliphatic hydroxyl groups is 1. The van der Waals surface area contributed by atoms with E-state index in [0.29, 0.717) is 25.2 Å². The summed E-state index contributed by atoms with van der Waals surface area (Å²) in [4.78, 5) is 0. The van der Waals surface area contributed by atoms with Crippen molar-refractivity contribution in [3.63, 3.8) is 0 Å². The fourth-order valence-corrected chi connectivity index (χ4v) is 2.10. The summed E-state index contributed by atoms with van der Waals surface area (Å²) in [6.07, 6.45) is 2.40. The third-order valence-electron chi connectivity index (χ3n) is 3.22. The molecule has 3 atom stereocenters. The van der Waals surface area contributed by atoms with Crippen LogP contribution in [0.4, 0.5) is 0 Å². The standard InChI is InChI=1S/C14H28O4/c1-14(2,3)7-5-6-8-17-12-10-18-11(9-16-4)13(12)15/h11-13,15H,5-10H2,1-4H3. The van der Waals surface area contributed by atoms with Crippen molar-refractivity contribution < 1.29 is 19.3 Å². The SMILES string of the molecule is COCC1OCC(OCCCCC(C)(C)C)C1O. The molecule has 1 saturated heterocycles. The summed E-state index contributed by atoms with van der Waals surface area (Å²) in [6.45, 7) is 8.33. The molecule has 0 radical (unpaired) electrons. The number of aliphatic hydroxyl groups excluding tert-OH is 1. The maximum Gasteiger partial charge on any atom is 0.111 e. The first-order chi connectivity index (χ1) is 8.44. The summed E-state index contributed by atoms with van der Waals surface area (Å²) >= 11 is 0. The highest BCUT2D eigenvalue weighted by Crippen LogP contribution is 2.22. The van der Waals surface area contributed by atoms with Gasteiger partial charge in [0.1, 0.15) is 18.3 Å². The predicted molar refractivity (Wildman–Crippen MR) is 70.7 cm³/mol. The molecule has 0 aromatic heterocycles. The van der Waals surface area contributed by atoms with E-state index in [-0.39, 0.29) is 12.2 Å². The molecule has 0 saturated carbocycles. The molecule has 0 aliphatic carbocycles. The normalized spacial score (nSPS) is 28.8. The fourth-order valence-electron chi connectivity index (χ4n) is 2.10. The highest BCUT2D eigenvalue weighted by atomic mass is 16.6. The van der Waals surface area contributed by atoms with Gasteiger partial charge in [0.2, 0.25) is 0 Å². The van der Waals surface area contributed by atoms with Crippen molar-refractivity contribution in [2.45, 2.75) is 58.3 Å². The van der Waals surface area contributed by atoms with E-state index in [0.717, 1.165) is 12.8 Å². The van der Waals surface area contributed by atoms with E-state index in [1.165, 1.54) is 6.42 Å². The first-order valence-corrected chi connectivity index (χ1v) is 6.84. The molecule has 1 heterocycles. The maximum absolute atomic E-state index is 9.94. The monoisotopic (exact) mass is 260 g/mol. The Morgan fingerprint density at radius 2 is 2.00 bits per heavy atom. The van der Waals surface area contributed by atoms with Crippen LogP contribution in [0.3, 0.4) is 0 Å². The topological polar surface area (TPSA) is 47.9 Å². The molecular formula is C14H28O4. The van der Waals surface area contributed by atoms with E-state index >= 15 is 0 Å². The summed E-state index contributed by atoms with van der Waals surface area (Å²) in [7, 11) is 1.61. The van der Waals surface area contributed by atoms with Crippen LogP contribution >= 0.6 is 0 Å². The zero-order chi connectivity index (χ0) is 13.6. The van der Waals surface area contributed by atoms with E-state index < -0.39 is 6.10 Å². The average molecular weight is 260 g/mol. The summed E-state index contributed by atoms with van der Waals surface area (Å²) in [6, 6.07) is 0. The molecule has 3 unspecified atom stereocenters. The zero-order valence-electron chi connectivity index (χ0n) is 12.1. The van der Waals surface area contributed by atoms with Crippen LogP contribution in [0, 0.1) is 5.41 Å². The molecule has 1 N–H and O–H groups in total. The molecule has 0 aromatic rings. The number of methoxy groups -OCH3 is 1. The Morgan fingerprint density at radius 3 is 2.61 bits per heavy atom. The van der Waals surface area contributed by atoms with Gasteiger partial charge in [0.25, 0.3) is 0 Å². The second-order valence-electron chi connectivity index (χ2n) is 6.24. The lowest BCUT2D eigenvalue weighted by molar-refractivity contribution is -0.0346. The summed E-state index contributed by atoms with van der Waals surface area (Å²) < 4.78 is 16.1. The van der Waals surface area contributed by atoms with Crippen LogP contribution in [0.2, 0.25) is 0 Å². The van der Waals surface area contributed by atoms with E-state index in [1.807, 2.05) is 0 Å². The molecule has 0 spiro atoms. The Bertz CT molecular complexity index is 224. The quantitative estimate of drug-likeness (QED) is 0.711. The van der Waals surface area contributed by atoms with E-state index in [1.54, 1.807) is 7.11 Å². The minimum atomic E-state index is -0.562. The Hall–Kier alpha value is -0.160. The second kappa shape index (κ2) is 7.43. The zero-order valence-corrected chi connectivity index (χ0v) is 12.1. The first-order valence-electron chi connectivity index (χ1n) is 6.84. The van der Waals surface area contributed by atoms with Gasteiger partial charge in [-0.05, 0) is 18.3 Å². The maximum atomic E-state index is 9.94. The van der Waals surface area contributed by atoms with Gasteiger partial charge in [0.05, 0.1) is 13.2 Å². The third kappa shape index (κ3) is 5.65. The van der Waals surface area contributed by atoms with Crippen LogP contribution in [0.5, 0.6) is 0 Å². The average Bonchev–Trinajstić information content (AvgIpc) is 2.60. The van der Waals surface area contributed by atoms with E-state index in [4.69, 9.17) is 14.2 Å². The lowest BCUT2D eigenvalue weighted by atomic mass is 9.90. The Labute approximate surface area is 111 Å². The lowest BCUT2D eigenvalue weighted by Crippen LogP contribution is -2.34. The van der Waals surface area contributed by atoms with E-state index in [9.17, 15) is 5.11 Å². The molecule has 1 fully saturated rings. The van der Waals surface area contributed by atoms with Crippen molar-refractivity contribution in [3.8, 4) is 0 Å². The van der Waals surface area contributed by atoms with Gasteiger partial charge in [-0.2, -0.15) is 0 Å². The first kappa shape index (κ1) is 15.9. The lowest BCUT2D eigenvalue weighted by Gasteiger charge is -2.19. The largest absolute Gasteiger partial charge is 0.388 e. The molecular weight excluding hydrogens is 232 g/mol. The van der Waals surface area contributed by atoms with Gasteiger partial charge in [0, 0.05) is 13.7 Å². The molecule has 1 rings (SSSR count). The molecule has 1 aliphatic rings. The van der Waals surface area contributed by atoms with Gasteiger partial charge in [-0.25, -0.2) is 0 Å². The van der Waals surface area contributed by atoms with Crippen LogP contribution in [-0.2, 0) is 14.2 Å². The minimum absolute atomic E-state index is 0.195. The van der Waals surface area contributed by atoms with Crippen LogP contribution in [0.25, 0.3) is 0 Å². The number of unbranched alkanes of at least 4 members (excludes halogenated alkanes) is 1. The molecule has 4 heteroatoms. The minimum Gasteiger partial charge on any atom is -0.388 e. The van der Waals surface area contributed by atoms with Gasteiger partial charge in [-0.3, -0.25) is 0 Å². The Balaban J connectivity index is 2.10. The predicted octanol–water partition coefficient (Wildman–Crippen LogP) is 1.99. The highest BCUT2D eigenvalue weighted by molar-refractivity contribution is 4.84. The molecule has 18 heavy (non-hydrogen) atoms.